The molecule has 3 aromatic rings. The van der Waals surface area contributed by atoms with E-state index < -0.39 is 5.97 Å². The molecule has 0 saturated heterocycles. The average molecular weight is 271 g/mol. The molecule has 0 fully saturated rings. The van der Waals surface area contributed by atoms with Crippen molar-refractivity contribution < 1.29 is 14.6 Å². The molecule has 3 N–H and O–H groups in total. The number of rotatable bonds is 3. The van der Waals surface area contributed by atoms with E-state index in [9.17, 15) is 9.90 Å². The van der Waals surface area contributed by atoms with Gasteiger partial charge in [0.1, 0.15) is 11.3 Å². The Morgan fingerprint density at radius 2 is 2.20 bits per heavy atom. The Balaban J connectivity index is 2.38. The lowest BCUT2D eigenvalue weighted by atomic mass is 10.0. The molecule has 0 spiro atoms. The highest BCUT2D eigenvalue weighted by Gasteiger charge is 2.21. The van der Waals surface area contributed by atoms with Gasteiger partial charge in [-0.15, -0.1) is 0 Å². The maximum absolute atomic E-state index is 11.3. The van der Waals surface area contributed by atoms with Gasteiger partial charge < -0.3 is 14.8 Å². The number of carbonyl (C=O) groups is 1. The molecule has 20 heavy (non-hydrogen) atoms. The maximum Gasteiger partial charge on any atom is 0.339 e. The quantitative estimate of drug-likeness (QED) is 0.682. The first kappa shape index (κ1) is 12.3. The molecule has 3 rings (SSSR count). The number of carboxylic acids is 1. The van der Waals surface area contributed by atoms with Gasteiger partial charge in [-0.1, -0.05) is 6.07 Å². The van der Waals surface area contributed by atoms with Gasteiger partial charge in [0, 0.05) is 11.3 Å². The Morgan fingerprint density at radius 3 is 2.90 bits per heavy atom. The van der Waals surface area contributed by atoms with Crippen molar-refractivity contribution in [2.45, 2.75) is 6.92 Å². The Labute approximate surface area is 114 Å². The van der Waals surface area contributed by atoms with Crippen LogP contribution < -0.4 is 4.74 Å². The van der Waals surface area contributed by atoms with Crippen LogP contribution in [0.4, 0.5) is 0 Å². The Morgan fingerprint density at radius 1 is 1.40 bits per heavy atom. The van der Waals surface area contributed by atoms with Crippen LogP contribution >= 0.6 is 0 Å². The molecule has 0 unspecified atom stereocenters. The average Bonchev–Trinajstić information content (AvgIpc) is 3.00. The molecule has 0 radical (unpaired) electrons. The number of hydrogen-bond acceptors (Lipinski definition) is 3. The lowest BCUT2D eigenvalue weighted by Crippen LogP contribution is -1.97. The predicted octanol–water partition coefficient (Wildman–Crippen LogP) is 2.57. The summed E-state index contributed by atoms with van der Waals surface area (Å²) in [5.74, 6) is -0.329. The van der Waals surface area contributed by atoms with Crippen LogP contribution in [0.3, 0.4) is 0 Å². The van der Waals surface area contributed by atoms with Gasteiger partial charge in [0.25, 0.3) is 0 Å². The summed E-state index contributed by atoms with van der Waals surface area (Å²) in [5, 5.41) is 16.7. The second-order valence-electron chi connectivity index (χ2n) is 4.47. The lowest BCUT2D eigenvalue weighted by Gasteiger charge is -2.05. The second kappa shape index (κ2) is 4.41. The molecule has 6 heteroatoms. The molecule has 2 aromatic heterocycles. The minimum Gasteiger partial charge on any atom is -0.496 e. The molecule has 0 aliphatic carbocycles. The van der Waals surface area contributed by atoms with Gasteiger partial charge in [0.15, 0.2) is 0 Å². The van der Waals surface area contributed by atoms with Crippen molar-refractivity contribution in [1.29, 1.82) is 0 Å². The predicted molar refractivity (Wildman–Crippen MR) is 74.1 cm³/mol. The summed E-state index contributed by atoms with van der Waals surface area (Å²) in [4.78, 5) is 14.5. The first-order valence-electron chi connectivity index (χ1n) is 6.05. The van der Waals surface area contributed by atoms with Gasteiger partial charge in [-0.2, -0.15) is 5.10 Å². The third kappa shape index (κ3) is 1.65. The van der Waals surface area contributed by atoms with E-state index in [1.54, 1.807) is 7.11 Å². The molecule has 102 valence electrons. The fourth-order valence-corrected chi connectivity index (χ4v) is 2.47. The second-order valence-corrected chi connectivity index (χ2v) is 4.47. The number of carboxylic acid groups (broad SMARTS) is 1. The zero-order valence-electron chi connectivity index (χ0n) is 11.0. The van der Waals surface area contributed by atoms with E-state index in [1.165, 1.54) is 6.20 Å². The third-order valence-electron chi connectivity index (χ3n) is 3.31. The van der Waals surface area contributed by atoms with E-state index in [1.807, 2.05) is 25.1 Å². The fraction of sp³-hybridized carbons (Fsp3) is 0.143. The number of nitrogens with one attached hydrogen (secondary N) is 2. The highest BCUT2D eigenvalue weighted by Crippen LogP contribution is 2.38. The summed E-state index contributed by atoms with van der Waals surface area (Å²) < 4.78 is 5.38. The molecule has 2 heterocycles. The van der Waals surface area contributed by atoms with Gasteiger partial charge in [0.2, 0.25) is 0 Å². The number of ether oxygens (including phenoxy) is 1. The molecule has 0 aliphatic heterocycles. The summed E-state index contributed by atoms with van der Waals surface area (Å²) in [6.45, 7) is 1.89. The Kier molecular flexibility index (Phi) is 2.71. The van der Waals surface area contributed by atoms with Gasteiger partial charge in [-0.05, 0) is 19.1 Å². The summed E-state index contributed by atoms with van der Waals surface area (Å²) >= 11 is 0. The summed E-state index contributed by atoms with van der Waals surface area (Å²) in [6.07, 6.45) is 1.31. The Hall–Kier alpha value is -2.76. The molecule has 0 bridgehead atoms. The first-order chi connectivity index (χ1) is 9.63. The SMILES string of the molecule is COc1cccc2[nH]c(C)c(-c3[nH]ncc3C(=O)O)c12. The van der Waals surface area contributed by atoms with Gasteiger partial charge in [0.05, 0.1) is 29.9 Å². The van der Waals surface area contributed by atoms with E-state index in [0.717, 1.165) is 22.2 Å². The third-order valence-corrected chi connectivity index (χ3v) is 3.31. The number of aromatic carboxylic acids is 1. The number of H-pyrrole nitrogens is 2. The lowest BCUT2D eigenvalue weighted by molar-refractivity contribution is 0.0698. The van der Waals surface area contributed by atoms with Crippen molar-refractivity contribution >= 4 is 16.9 Å². The summed E-state index contributed by atoms with van der Waals surface area (Å²) in [6, 6.07) is 5.65. The smallest absolute Gasteiger partial charge is 0.339 e. The minimum absolute atomic E-state index is 0.139. The first-order valence-corrected chi connectivity index (χ1v) is 6.05. The molecule has 0 atom stereocenters. The number of methoxy groups -OCH3 is 1. The van der Waals surface area contributed by atoms with Crippen molar-refractivity contribution in [3.63, 3.8) is 0 Å². The van der Waals surface area contributed by atoms with Gasteiger partial charge in [-0.3, -0.25) is 5.10 Å². The van der Waals surface area contributed by atoms with Crippen LogP contribution in [0.1, 0.15) is 16.1 Å². The number of fused-ring (bicyclic) bond motifs is 1. The fourth-order valence-electron chi connectivity index (χ4n) is 2.47. The van der Waals surface area contributed by atoms with Crippen molar-refractivity contribution in [2.24, 2.45) is 0 Å². The van der Waals surface area contributed by atoms with Crippen molar-refractivity contribution in [1.82, 2.24) is 15.2 Å². The summed E-state index contributed by atoms with van der Waals surface area (Å²) in [5.41, 5.74) is 3.14. The molecule has 0 amide bonds. The number of aryl methyl sites for hydroxylation is 1. The van der Waals surface area contributed by atoms with Gasteiger partial charge >= 0.3 is 5.97 Å². The summed E-state index contributed by atoms with van der Waals surface area (Å²) in [7, 11) is 1.59. The van der Waals surface area contributed by atoms with Gasteiger partial charge in [-0.25, -0.2) is 4.79 Å². The number of aromatic amines is 2. The monoisotopic (exact) mass is 271 g/mol. The largest absolute Gasteiger partial charge is 0.496 e. The van der Waals surface area contributed by atoms with Crippen LogP contribution in [0.15, 0.2) is 24.4 Å². The molecular formula is C14H13N3O3. The normalized spacial score (nSPS) is 10.9. The topological polar surface area (TPSA) is 91.0 Å². The zero-order valence-corrected chi connectivity index (χ0v) is 11.0. The van der Waals surface area contributed by atoms with Crippen molar-refractivity contribution in [3.05, 3.63) is 35.7 Å². The minimum atomic E-state index is -1.02. The Bertz CT molecular complexity index is 801. The molecular weight excluding hydrogens is 258 g/mol. The van der Waals surface area contributed by atoms with Crippen LogP contribution in [0.2, 0.25) is 0 Å². The number of benzene rings is 1. The van der Waals surface area contributed by atoms with Crippen LogP contribution in [0.5, 0.6) is 5.75 Å². The molecule has 1 aromatic carbocycles. The van der Waals surface area contributed by atoms with Crippen LogP contribution in [0.25, 0.3) is 22.2 Å². The number of nitrogens with zero attached hydrogens (tertiary/aromatic N) is 1. The van der Waals surface area contributed by atoms with E-state index in [0.29, 0.717) is 11.4 Å². The van der Waals surface area contributed by atoms with Crippen LogP contribution in [-0.4, -0.2) is 33.4 Å². The molecule has 0 saturated carbocycles. The number of aromatic nitrogens is 3. The van der Waals surface area contributed by atoms with Crippen LogP contribution in [0, 0.1) is 6.92 Å². The highest BCUT2D eigenvalue weighted by molar-refractivity contribution is 6.05. The highest BCUT2D eigenvalue weighted by atomic mass is 16.5. The van der Waals surface area contributed by atoms with Crippen molar-refractivity contribution in [2.75, 3.05) is 7.11 Å². The van der Waals surface area contributed by atoms with E-state index in [-0.39, 0.29) is 5.56 Å². The standard InChI is InChI=1S/C14H13N3O3/c1-7-11(13-8(14(18)19)6-15-17-13)12-9(16-7)4-3-5-10(12)20-2/h3-6,16H,1-2H3,(H,15,17)(H,18,19). The molecule has 0 aliphatic rings. The zero-order chi connectivity index (χ0) is 14.3. The maximum atomic E-state index is 11.3. The van der Waals surface area contributed by atoms with Crippen molar-refractivity contribution in [3.8, 4) is 17.0 Å². The number of hydrogen-bond donors (Lipinski definition) is 3. The van der Waals surface area contributed by atoms with E-state index in [2.05, 4.69) is 15.2 Å². The molecule has 6 nitrogen and oxygen atoms in total. The van der Waals surface area contributed by atoms with E-state index >= 15 is 0 Å². The van der Waals surface area contributed by atoms with Crippen LogP contribution in [-0.2, 0) is 0 Å². The van der Waals surface area contributed by atoms with E-state index in [4.69, 9.17) is 4.74 Å².